The van der Waals surface area contributed by atoms with Gasteiger partial charge in [-0.15, -0.1) is 0 Å². The van der Waals surface area contributed by atoms with Crippen LogP contribution >= 0.6 is 0 Å². The van der Waals surface area contributed by atoms with Crippen LogP contribution in [-0.4, -0.2) is 47.1 Å². The van der Waals surface area contributed by atoms with Gasteiger partial charge in [0.15, 0.2) is 0 Å². The number of aliphatic hydroxyl groups is 1. The van der Waals surface area contributed by atoms with E-state index in [0.717, 1.165) is 13.1 Å². The van der Waals surface area contributed by atoms with Gasteiger partial charge in [-0.25, -0.2) is 9.37 Å². The lowest BCUT2D eigenvalue weighted by atomic mass is 10.1. The van der Waals surface area contributed by atoms with Crippen LogP contribution in [0.15, 0.2) is 36.5 Å². The zero-order valence-corrected chi connectivity index (χ0v) is 13.9. The van der Waals surface area contributed by atoms with Gasteiger partial charge in [0, 0.05) is 44.5 Å². The van der Waals surface area contributed by atoms with Crippen LogP contribution in [0.1, 0.15) is 21.5 Å². The summed E-state index contributed by atoms with van der Waals surface area (Å²) in [5, 5.41) is 9.20. The molecule has 3 N–H and O–H groups in total. The summed E-state index contributed by atoms with van der Waals surface area (Å²) in [4.78, 5) is 20.0. The SMILES string of the molecule is NC(=O)c1cccnc1N1CCN(Cc2cc(CO)ccc2F)CC1. The molecule has 1 aromatic carbocycles. The van der Waals surface area contributed by atoms with Crippen molar-refractivity contribution in [3.63, 3.8) is 0 Å². The molecule has 0 radical (unpaired) electrons. The Balaban J connectivity index is 1.66. The lowest BCUT2D eigenvalue weighted by Crippen LogP contribution is -2.46. The summed E-state index contributed by atoms with van der Waals surface area (Å²) in [6.07, 6.45) is 1.64. The van der Waals surface area contributed by atoms with Crippen molar-refractivity contribution in [3.05, 3.63) is 59.0 Å². The molecule has 6 nitrogen and oxygen atoms in total. The van der Waals surface area contributed by atoms with E-state index in [1.807, 2.05) is 4.90 Å². The molecule has 0 aliphatic carbocycles. The Bertz CT molecular complexity index is 760. The lowest BCUT2D eigenvalue weighted by molar-refractivity contribution is 0.1000. The predicted molar refractivity (Wildman–Crippen MR) is 92.6 cm³/mol. The van der Waals surface area contributed by atoms with Crippen molar-refractivity contribution < 1.29 is 14.3 Å². The molecule has 3 rings (SSSR count). The number of benzene rings is 1. The molecule has 7 heteroatoms. The molecule has 1 amide bonds. The Morgan fingerprint density at radius 3 is 2.68 bits per heavy atom. The number of hydrogen-bond donors (Lipinski definition) is 2. The van der Waals surface area contributed by atoms with Gasteiger partial charge in [-0.1, -0.05) is 6.07 Å². The number of halogens is 1. The van der Waals surface area contributed by atoms with Crippen molar-refractivity contribution in [2.75, 3.05) is 31.1 Å². The fraction of sp³-hybridized carbons (Fsp3) is 0.333. The molecule has 0 saturated carbocycles. The third kappa shape index (κ3) is 3.94. The molecular weight excluding hydrogens is 323 g/mol. The summed E-state index contributed by atoms with van der Waals surface area (Å²) in [6.45, 7) is 3.18. The molecule has 1 aliphatic heterocycles. The third-order valence-electron chi connectivity index (χ3n) is 4.41. The van der Waals surface area contributed by atoms with E-state index in [-0.39, 0.29) is 12.4 Å². The summed E-state index contributed by atoms with van der Waals surface area (Å²) in [6, 6.07) is 8.04. The maximum absolute atomic E-state index is 14.0. The number of hydrogen-bond acceptors (Lipinski definition) is 5. The quantitative estimate of drug-likeness (QED) is 0.850. The molecule has 0 unspecified atom stereocenters. The molecule has 0 bridgehead atoms. The number of carbonyl (C=O) groups is 1. The average molecular weight is 344 g/mol. The second-order valence-electron chi connectivity index (χ2n) is 6.09. The number of aromatic nitrogens is 1. The molecule has 1 fully saturated rings. The van der Waals surface area contributed by atoms with Crippen molar-refractivity contribution in [2.24, 2.45) is 5.73 Å². The highest BCUT2D eigenvalue weighted by molar-refractivity contribution is 5.97. The van der Waals surface area contributed by atoms with E-state index < -0.39 is 5.91 Å². The van der Waals surface area contributed by atoms with Crippen LogP contribution in [-0.2, 0) is 13.2 Å². The molecule has 1 saturated heterocycles. The molecule has 2 heterocycles. The van der Waals surface area contributed by atoms with Crippen LogP contribution in [0.5, 0.6) is 0 Å². The molecule has 2 aromatic rings. The second kappa shape index (κ2) is 7.58. The number of rotatable bonds is 5. The molecule has 1 aromatic heterocycles. The first-order valence-corrected chi connectivity index (χ1v) is 8.19. The van der Waals surface area contributed by atoms with Crippen molar-refractivity contribution in [3.8, 4) is 0 Å². The molecule has 25 heavy (non-hydrogen) atoms. The maximum atomic E-state index is 14.0. The molecule has 0 atom stereocenters. The fourth-order valence-corrected chi connectivity index (χ4v) is 3.05. The summed E-state index contributed by atoms with van der Waals surface area (Å²) in [7, 11) is 0. The van der Waals surface area contributed by atoms with Crippen LogP contribution in [0.3, 0.4) is 0 Å². The second-order valence-corrected chi connectivity index (χ2v) is 6.09. The van der Waals surface area contributed by atoms with E-state index in [1.165, 1.54) is 6.07 Å². The van der Waals surface area contributed by atoms with Crippen molar-refractivity contribution in [1.29, 1.82) is 0 Å². The number of carbonyl (C=O) groups excluding carboxylic acids is 1. The minimum atomic E-state index is -0.492. The lowest BCUT2D eigenvalue weighted by Gasteiger charge is -2.36. The van der Waals surface area contributed by atoms with E-state index in [1.54, 1.807) is 30.5 Å². The summed E-state index contributed by atoms with van der Waals surface area (Å²) < 4.78 is 14.0. The van der Waals surface area contributed by atoms with Gasteiger partial charge in [0.1, 0.15) is 11.6 Å². The average Bonchev–Trinajstić information content (AvgIpc) is 2.64. The minimum absolute atomic E-state index is 0.101. The Morgan fingerprint density at radius 1 is 1.24 bits per heavy atom. The highest BCUT2D eigenvalue weighted by Gasteiger charge is 2.22. The monoisotopic (exact) mass is 344 g/mol. The predicted octanol–water partition coefficient (Wildman–Crippen LogP) is 1.13. The Hall–Kier alpha value is -2.51. The van der Waals surface area contributed by atoms with Crippen LogP contribution in [0, 0.1) is 5.82 Å². The van der Waals surface area contributed by atoms with E-state index in [9.17, 15) is 14.3 Å². The number of nitrogens with zero attached hydrogens (tertiary/aromatic N) is 3. The first kappa shape index (κ1) is 17.3. The number of primary amides is 1. The first-order valence-electron chi connectivity index (χ1n) is 8.19. The number of aliphatic hydroxyl groups excluding tert-OH is 1. The Kier molecular flexibility index (Phi) is 5.25. The zero-order chi connectivity index (χ0) is 17.8. The molecule has 1 aliphatic rings. The molecule has 0 spiro atoms. The van der Waals surface area contributed by atoms with Crippen LogP contribution in [0.4, 0.5) is 10.2 Å². The van der Waals surface area contributed by atoms with Gasteiger partial charge >= 0.3 is 0 Å². The van der Waals surface area contributed by atoms with Gasteiger partial charge in [-0.2, -0.15) is 0 Å². The number of amides is 1. The third-order valence-corrected chi connectivity index (χ3v) is 4.41. The van der Waals surface area contributed by atoms with E-state index in [0.29, 0.717) is 42.1 Å². The number of pyridine rings is 1. The first-order chi connectivity index (χ1) is 12.1. The zero-order valence-electron chi connectivity index (χ0n) is 13.9. The van der Waals surface area contributed by atoms with Gasteiger partial charge < -0.3 is 15.7 Å². The van der Waals surface area contributed by atoms with Gasteiger partial charge in [0.05, 0.1) is 12.2 Å². The fourth-order valence-electron chi connectivity index (χ4n) is 3.05. The summed E-state index contributed by atoms with van der Waals surface area (Å²) in [5.74, 6) is -0.156. The van der Waals surface area contributed by atoms with E-state index >= 15 is 0 Å². The summed E-state index contributed by atoms with van der Waals surface area (Å²) >= 11 is 0. The van der Waals surface area contributed by atoms with Crippen molar-refractivity contribution >= 4 is 11.7 Å². The largest absolute Gasteiger partial charge is 0.392 e. The number of nitrogens with two attached hydrogens (primary N) is 1. The minimum Gasteiger partial charge on any atom is -0.392 e. The van der Waals surface area contributed by atoms with Gasteiger partial charge in [-0.05, 0) is 29.8 Å². The van der Waals surface area contributed by atoms with Crippen LogP contribution < -0.4 is 10.6 Å². The van der Waals surface area contributed by atoms with Gasteiger partial charge in [-0.3, -0.25) is 9.69 Å². The highest BCUT2D eigenvalue weighted by atomic mass is 19.1. The van der Waals surface area contributed by atoms with E-state index in [4.69, 9.17) is 5.73 Å². The molecule has 132 valence electrons. The van der Waals surface area contributed by atoms with Gasteiger partial charge in [0.2, 0.25) is 0 Å². The van der Waals surface area contributed by atoms with E-state index in [2.05, 4.69) is 9.88 Å². The number of anilines is 1. The smallest absolute Gasteiger partial charge is 0.252 e. The highest BCUT2D eigenvalue weighted by Crippen LogP contribution is 2.20. The van der Waals surface area contributed by atoms with Crippen molar-refractivity contribution in [2.45, 2.75) is 13.2 Å². The Labute approximate surface area is 145 Å². The van der Waals surface area contributed by atoms with Gasteiger partial charge in [0.25, 0.3) is 5.91 Å². The van der Waals surface area contributed by atoms with Crippen molar-refractivity contribution in [1.82, 2.24) is 9.88 Å². The maximum Gasteiger partial charge on any atom is 0.252 e. The number of piperazine rings is 1. The van der Waals surface area contributed by atoms with Crippen LogP contribution in [0.2, 0.25) is 0 Å². The standard InChI is InChI=1S/C18H21FN4O2/c19-16-4-3-13(12-24)10-14(16)11-22-6-8-23(9-7-22)18-15(17(20)25)2-1-5-21-18/h1-5,10,24H,6-9,11-12H2,(H2,20,25). The Morgan fingerprint density at radius 2 is 2.00 bits per heavy atom. The topological polar surface area (TPSA) is 82.7 Å². The normalized spacial score (nSPS) is 15.4. The van der Waals surface area contributed by atoms with Crippen LogP contribution in [0.25, 0.3) is 0 Å². The summed E-state index contributed by atoms with van der Waals surface area (Å²) in [5.41, 5.74) is 7.11. The molecular formula is C18H21FN4O2.